The Hall–Kier alpha value is -2.07. The van der Waals surface area contributed by atoms with Crippen molar-refractivity contribution in [2.24, 2.45) is 0 Å². The number of fused-ring (bicyclic) bond motifs is 1. The fraction of sp³-hybridized carbons (Fsp3) is 0.391. The third-order valence-corrected chi connectivity index (χ3v) is 8.14. The van der Waals surface area contributed by atoms with Gasteiger partial charge in [-0.25, -0.2) is 17.8 Å². The molecule has 1 aromatic heterocycles. The lowest BCUT2D eigenvalue weighted by atomic mass is 10.2. The number of aryl methyl sites for hydroxylation is 1. The molecule has 0 unspecified atom stereocenters. The average Bonchev–Trinajstić information content (AvgIpc) is 3.18. The SMILES string of the molecule is CCN(CC)CCN(C(=O)CCS(=O)(=O)c1ccc(C)cc1)c1nc2ccc(F)cc2s1.Cl. The second kappa shape index (κ2) is 11.9. The summed E-state index contributed by atoms with van der Waals surface area (Å²) >= 11 is 1.23. The first-order valence-electron chi connectivity index (χ1n) is 10.6. The third-order valence-electron chi connectivity index (χ3n) is 5.37. The maximum atomic E-state index is 13.6. The minimum Gasteiger partial charge on any atom is -0.302 e. The summed E-state index contributed by atoms with van der Waals surface area (Å²) in [7, 11) is -3.58. The van der Waals surface area contributed by atoms with Gasteiger partial charge < -0.3 is 4.90 Å². The van der Waals surface area contributed by atoms with Gasteiger partial charge in [0.1, 0.15) is 5.82 Å². The summed E-state index contributed by atoms with van der Waals surface area (Å²) in [5.74, 6) is -0.957. The first-order chi connectivity index (χ1) is 15.2. The molecule has 1 heterocycles. The topological polar surface area (TPSA) is 70.6 Å². The lowest BCUT2D eigenvalue weighted by molar-refractivity contribution is -0.118. The molecular formula is C23H29ClFN3O3S2. The van der Waals surface area contributed by atoms with Gasteiger partial charge in [-0.15, -0.1) is 12.4 Å². The zero-order valence-electron chi connectivity index (χ0n) is 19.0. The van der Waals surface area contributed by atoms with Crippen LogP contribution in [0.3, 0.4) is 0 Å². The maximum Gasteiger partial charge on any atom is 0.229 e. The van der Waals surface area contributed by atoms with Gasteiger partial charge in [-0.2, -0.15) is 0 Å². The molecule has 10 heteroatoms. The summed E-state index contributed by atoms with van der Waals surface area (Å²) < 4.78 is 39.7. The number of benzene rings is 2. The van der Waals surface area contributed by atoms with Crippen LogP contribution < -0.4 is 4.90 Å². The van der Waals surface area contributed by atoms with Crippen LogP contribution in [-0.2, 0) is 14.6 Å². The van der Waals surface area contributed by atoms with E-state index in [-0.39, 0.29) is 41.2 Å². The highest BCUT2D eigenvalue weighted by molar-refractivity contribution is 7.91. The van der Waals surface area contributed by atoms with Crippen LogP contribution in [0.1, 0.15) is 25.8 Å². The Balaban J connectivity index is 0.00000385. The molecule has 33 heavy (non-hydrogen) atoms. The van der Waals surface area contributed by atoms with Crippen molar-refractivity contribution in [3.63, 3.8) is 0 Å². The Labute approximate surface area is 204 Å². The van der Waals surface area contributed by atoms with E-state index in [9.17, 15) is 17.6 Å². The lowest BCUT2D eigenvalue weighted by Crippen LogP contribution is -2.39. The van der Waals surface area contributed by atoms with Gasteiger partial charge in [0.05, 0.1) is 20.9 Å². The zero-order chi connectivity index (χ0) is 23.3. The molecule has 0 aliphatic heterocycles. The number of aromatic nitrogens is 1. The van der Waals surface area contributed by atoms with Crippen molar-refractivity contribution in [3.05, 3.63) is 53.8 Å². The van der Waals surface area contributed by atoms with E-state index in [1.807, 2.05) is 20.8 Å². The number of carbonyl (C=O) groups excluding carboxylic acids is 1. The highest BCUT2D eigenvalue weighted by Gasteiger charge is 2.23. The van der Waals surface area contributed by atoms with Gasteiger partial charge in [0.2, 0.25) is 5.91 Å². The van der Waals surface area contributed by atoms with E-state index in [1.165, 1.54) is 28.4 Å². The maximum absolute atomic E-state index is 13.6. The lowest BCUT2D eigenvalue weighted by Gasteiger charge is -2.24. The Morgan fingerprint density at radius 3 is 2.36 bits per heavy atom. The summed E-state index contributed by atoms with van der Waals surface area (Å²) in [4.78, 5) is 21.6. The smallest absolute Gasteiger partial charge is 0.229 e. The van der Waals surface area contributed by atoms with Crippen molar-refractivity contribution in [3.8, 4) is 0 Å². The summed E-state index contributed by atoms with van der Waals surface area (Å²) in [6, 6.07) is 10.9. The van der Waals surface area contributed by atoms with E-state index in [0.29, 0.717) is 28.4 Å². The van der Waals surface area contributed by atoms with Crippen LogP contribution in [0.4, 0.5) is 9.52 Å². The molecule has 3 aromatic rings. The number of carbonyl (C=O) groups is 1. The second-order valence-corrected chi connectivity index (χ2v) is 10.7. The predicted molar refractivity (Wildman–Crippen MR) is 135 cm³/mol. The highest BCUT2D eigenvalue weighted by Crippen LogP contribution is 2.30. The predicted octanol–water partition coefficient (Wildman–Crippen LogP) is 4.70. The van der Waals surface area contributed by atoms with Crippen LogP contribution in [0.25, 0.3) is 10.2 Å². The molecule has 2 aromatic carbocycles. The Morgan fingerprint density at radius 2 is 1.73 bits per heavy atom. The number of halogens is 2. The van der Waals surface area contributed by atoms with Crippen LogP contribution in [0.2, 0.25) is 0 Å². The molecule has 3 rings (SSSR count). The van der Waals surface area contributed by atoms with E-state index >= 15 is 0 Å². The molecule has 1 amide bonds. The van der Waals surface area contributed by atoms with Crippen molar-refractivity contribution in [1.29, 1.82) is 0 Å². The molecule has 0 aliphatic carbocycles. The number of amides is 1. The van der Waals surface area contributed by atoms with Crippen LogP contribution in [0.15, 0.2) is 47.4 Å². The summed E-state index contributed by atoms with van der Waals surface area (Å²) in [5, 5.41) is 0.454. The second-order valence-electron chi connectivity index (χ2n) is 7.56. The van der Waals surface area contributed by atoms with Gasteiger partial charge in [0.15, 0.2) is 15.0 Å². The fourth-order valence-electron chi connectivity index (χ4n) is 3.33. The van der Waals surface area contributed by atoms with Crippen molar-refractivity contribution in [1.82, 2.24) is 9.88 Å². The molecule has 0 fully saturated rings. The van der Waals surface area contributed by atoms with E-state index in [1.54, 1.807) is 30.3 Å². The minimum atomic E-state index is -3.58. The number of rotatable bonds is 10. The number of nitrogens with zero attached hydrogens (tertiary/aromatic N) is 3. The summed E-state index contributed by atoms with van der Waals surface area (Å²) in [5.41, 5.74) is 1.58. The summed E-state index contributed by atoms with van der Waals surface area (Å²) in [6.45, 7) is 8.67. The molecule has 6 nitrogen and oxygen atoms in total. The van der Waals surface area contributed by atoms with E-state index in [0.717, 1.165) is 18.7 Å². The van der Waals surface area contributed by atoms with Crippen LogP contribution in [0.5, 0.6) is 0 Å². The van der Waals surface area contributed by atoms with Gasteiger partial charge in [0.25, 0.3) is 0 Å². The fourth-order valence-corrected chi connectivity index (χ4v) is 5.59. The molecule has 0 saturated carbocycles. The molecule has 0 bridgehead atoms. The number of sulfone groups is 1. The number of hydrogen-bond acceptors (Lipinski definition) is 6. The van der Waals surface area contributed by atoms with Crippen molar-refractivity contribution in [2.45, 2.75) is 32.1 Å². The van der Waals surface area contributed by atoms with Crippen LogP contribution in [0, 0.1) is 12.7 Å². The monoisotopic (exact) mass is 513 g/mol. The van der Waals surface area contributed by atoms with Gasteiger partial charge in [-0.3, -0.25) is 9.69 Å². The van der Waals surface area contributed by atoms with Crippen molar-refractivity contribution >= 4 is 54.8 Å². The van der Waals surface area contributed by atoms with Crippen LogP contribution in [-0.4, -0.2) is 56.1 Å². The Bertz CT molecular complexity index is 1180. The summed E-state index contributed by atoms with van der Waals surface area (Å²) in [6.07, 6.45) is -0.154. The normalized spacial score (nSPS) is 11.5. The molecular weight excluding hydrogens is 485 g/mol. The van der Waals surface area contributed by atoms with Gasteiger partial charge >= 0.3 is 0 Å². The zero-order valence-corrected chi connectivity index (χ0v) is 21.4. The van der Waals surface area contributed by atoms with Gasteiger partial charge in [-0.1, -0.05) is 42.9 Å². The first kappa shape index (κ1) is 27.2. The number of likely N-dealkylation sites (N-methyl/N-ethyl adjacent to an activating group) is 1. The van der Waals surface area contributed by atoms with Gasteiger partial charge in [0, 0.05) is 19.5 Å². The van der Waals surface area contributed by atoms with Crippen LogP contribution >= 0.6 is 23.7 Å². The quantitative estimate of drug-likeness (QED) is 0.393. The Morgan fingerprint density at radius 1 is 1.06 bits per heavy atom. The minimum absolute atomic E-state index is 0. The third kappa shape index (κ3) is 6.96. The first-order valence-corrected chi connectivity index (χ1v) is 13.1. The number of anilines is 1. The average molecular weight is 514 g/mol. The van der Waals surface area contributed by atoms with Crippen molar-refractivity contribution in [2.75, 3.05) is 36.8 Å². The Kier molecular flexibility index (Phi) is 9.78. The van der Waals surface area contributed by atoms with Crippen molar-refractivity contribution < 1.29 is 17.6 Å². The van der Waals surface area contributed by atoms with E-state index in [2.05, 4.69) is 9.88 Å². The molecule has 0 radical (unpaired) electrons. The van der Waals surface area contributed by atoms with E-state index < -0.39 is 9.84 Å². The number of thiazole rings is 1. The largest absolute Gasteiger partial charge is 0.302 e. The molecule has 0 N–H and O–H groups in total. The standard InChI is InChI=1S/C23H28FN3O3S2.ClH/c1-4-26(5-2)13-14-27(23-25-20-11-8-18(24)16-21(20)31-23)22(28)12-15-32(29,30)19-9-6-17(3)7-10-19;/h6-11,16H,4-5,12-15H2,1-3H3;1H. The molecule has 0 saturated heterocycles. The van der Waals surface area contributed by atoms with Gasteiger partial charge in [-0.05, 0) is 50.3 Å². The van der Waals surface area contributed by atoms with E-state index in [4.69, 9.17) is 0 Å². The molecule has 0 spiro atoms. The molecule has 0 aliphatic rings. The highest BCUT2D eigenvalue weighted by atomic mass is 35.5. The number of hydrogen-bond donors (Lipinski definition) is 0. The molecule has 180 valence electrons. The molecule has 0 atom stereocenters.